The van der Waals surface area contributed by atoms with E-state index in [1.54, 1.807) is 6.26 Å². The molecule has 2 fully saturated rings. The van der Waals surface area contributed by atoms with Crippen LogP contribution in [-0.2, 0) is 9.53 Å². The van der Waals surface area contributed by atoms with Crippen molar-refractivity contribution in [2.45, 2.75) is 88.4 Å². The number of nitrogens with one attached hydrogen (secondary N) is 2. The number of piperidine rings is 1. The van der Waals surface area contributed by atoms with Gasteiger partial charge in [-0.1, -0.05) is 26.8 Å². The first-order chi connectivity index (χ1) is 12.8. The third kappa shape index (κ3) is 5.38. The second-order valence-electron chi connectivity index (χ2n) is 7.68. The van der Waals surface area contributed by atoms with Crippen LogP contribution in [0, 0.1) is 5.92 Å². The monoisotopic (exact) mass is 402 g/mol. The highest BCUT2D eigenvalue weighted by Crippen LogP contribution is 2.30. The number of carbonyl (C=O) groups is 1. The zero-order valence-electron chi connectivity index (χ0n) is 16.6. The van der Waals surface area contributed by atoms with Crippen molar-refractivity contribution in [3.05, 3.63) is 11.8 Å². The highest BCUT2D eigenvalue weighted by Gasteiger charge is 2.47. The van der Waals surface area contributed by atoms with Crippen molar-refractivity contribution in [1.29, 1.82) is 0 Å². The Morgan fingerprint density at radius 1 is 1.33 bits per heavy atom. The molecule has 0 spiro atoms. The second-order valence-corrected chi connectivity index (χ2v) is 8.62. The summed E-state index contributed by atoms with van der Waals surface area (Å²) < 4.78 is 5.86. The molecule has 7 nitrogen and oxygen atoms in total. The molecule has 27 heavy (non-hydrogen) atoms. The zero-order valence-corrected chi connectivity index (χ0v) is 17.4. The lowest BCUT2D eigenvalue weighted by Gasteiger charge is -2.44. The van der Waals surface area contributed by atoms with E-state index < -0.39 is 35.9 Å². The van der Waals surface area contributed by atoms with Gasteiger partial charge in [-0.25, -0.2) is 0 Å². The van der Waals surface area contributed by atoms with Crippen molar-refractivity contribution in [3.63, 3.8) is 0 Å². The number of carbonyl (C=O) groups excluding carboxylic acids is 1. The van der Waals surface area contributed by atoms with E-state index in [2.05, 4.69) is 23.6 Å². The van der Waals surface area contributed by atoms with E-state index >= 15 is 0 Å². The quantitative estimate of drug-likeness (QED) is 0.445. The fourth-order valence-electron chi connectivity index (χ4n) is 3.73. The molecule has 0 aromatic carbocycles. The van der Waals surface area contributed by atoms with Gasteiger partial charge in [-0.2, -0.15) is 0 Å². The fourth-order valence-corrected chi connectivity index (χ4v) is 4.41. The van der Waals surface area contributed by atoms with Gasteiger partial charge in [-0.05, 0) is 37.9 Å². The lowest BCUT2D eigenvalue weighted by Crippen LogP contribution is -2.64. The smallest absolute Gasteiger partial charge is 0.242 e. The van der Waals surface area contributed by atoms with Gasteiger partial charge in [0.2, 0.25) is 5.91 Å². The number of aliphatic hydroxyl groups excluding tert-OH is 3. The topological polar surface area (TPSA) is 111 Å². The molecule has 7 unspecified atom stereocenters. The summed E-state index contributed by atoms with van der Waals surface area (Å²) in [6.45, 7) is 5.93. The number of ether oxygens (including phenoxy) is 1. The number of thioether (sulfide) groups is 1. The van der Waals surface area contributed by atoms with E-state index in [1.807, 2.05) is 13.8 Å². The Labute approximate surface area is 165 Å². The normalized spacial score (nSPS) is 37.1. The Morgan fingerprint density at radius 3 is 2.63 bits per heavy atom. The molecular formula is C19H34N2O5S. The van der Waals surface area contributed by atoms with Gasteiger partial charge in [-0.3, -0.25) is 4.79 Å². The molecule has 0 radical (unpaired) electrons. The Kier molecular flexibility index (Phi) is 8.42. The molecule has 2 aliphatic rings. The van der Waals surface area contributed by atoms with Gasteiger partial charge in [0.1, 0.15) is 35.9 Å². The number of amides is 1. The number of hydrogen-bond donors (Lipinski definition) is 5. The summed E-state index contributed by atoms with van der Waals surface area (Å²) in [6.07, 6.45) is 2.90. The largest absolute Gasteiger partial charge is 0.388 e. The van der Waals surface area contributed by atoms with Crippen molar-refractivity contribution in [2.24, 2.45) is 5.92 Å². The standard InChI is InChI=1S/C19H34N2O5S/c1-5-7-11-8-6-9-12(20-11)18(25)21-13(10(2)3)17-15(23)14(22)16(24)19(26-17)27-4/h7,10,12-17,19-20,22-24H,5-6,8-9H2,1-4H3,(H,21,25). The summed E-state index contributed by atoms with van der Waals surface area (Å²) in [5, 5.41) is 37.0. The SMILES string of the molecule is CCC=C1CCCC(C(=O)NC(C(C)C)C2OC(SC)C(O)C(O)C2O)N1. The van der Waals surface area contributed by atoms with Crippen molar-refractivity contribution in [1.82, 2.24) is 10.6 Å². The molecular weight excluding hydrogens is 368 g/mol. The van der Waals surface area contributed by atoms with Crippen LogP contribution < -0.4 is 10.6 Å². The Balaban J connectivity index is 2.10. The average molecular weight is 403 g/mol. The molecule has 8 heteroatoms. The van der Waals surface area contributed by atoms with Gasteiger partial charge >= 0.3 is 0 Å². The van der Waals surface area contributed by atoms with Crippen molar-refractivity contribution < 1.29 is 24.9 Å². The molecule has 7 atom stereocenters. The third-order valence-electron chi connectivity index (χ3n) is 5.29. The average Bonchev–Trinajstić information content (AvgIpc) is 2.65. The molecule has 156 valence electrons. The molecule has 2 aliphatic heterocycles. The number of rotatable bonds is 6. The predicted octanol–water partition coefficient (Wildman–Crippen LogP) is 0.734. The van der Waals surface area contributed by atoms with Crippen LogP contribution in [0.3, 0.4) is 0 Å². The molecule has 0 aromatic rings. The molecule has 0 saturated carbocycles. The fraction of sp³-hybridized carbons (Fsp3) is 0.842. The van der Waals surface area contributed by atoms with Crippen LogP contribution in [0.4, 0.5) is 0 Å². The van der Waals surface area contributed by atoms with Crippen LogP contribution in [0.2, 0.25) is 0 Å². The van der Waals surface area contributed by atoms with Gasteiger partial charge in [0.25, 0.3) is 0 Å². The lowest BCUT2D eigenvalue weighted by molar-refractivity contribution is -0.208. The summed E-state index contributed by atoms with van der Waals surface area (Å²) in [5.74, 6) is -0.152. The maximum Gasteiger partial charge on any atom is 0.242 e. The van der Waals surface area contributed by atoms with Crippen LogP contribution in [-0.4, -0.2) is 69.4 Å². The minimum atomic E-state index is -1.31. The molecule has 2 heterocycles. The second kappa shape index (κ2) is 10.1. The first-order valence-corrected chi connectivity index (χ1v) is 11.1. The van der Waals surface area contributed by atoms with Gasteiger partial charge in [0, 0.05) is 5.70 Å². The van der Waals surface area contributed by atoms with Crippen molar-refractivity contribution in [3.8, 4) is 0 Å². The van der Waals surface area contributed by atoms with Crippen molar-refractivity contribution >= 4 is 17.7 Å². The Hall–Kier alpha value is -0.800. The van der Waals surface area contributed by atoms with E-state index in [0.717, 1.165) is 31.4 Å². The number of aliphatic hydroxyl groups is 3. The van der Waals surface area contributed by atoms with Gasteiger partial charge in [0.15, 0.2) is 0 Å². The van der Waals surface area contributed by atoms with Crippen LogP contribution >= 0.6 is 11.8 Å². The van der Waals surface area contributed by atoms with Crippen LogP contribution in [0.15, 0.2) is 11.8 Å². The van der Waals surface area contributed by atoms with E-state index in [4.69, 9.17) is 4.74 Å². The summed E-state index contributed by atoms with van der Waals surface area (Å²) in [7, 11) is 0. The minimum absolute atomic E-state index is 0.0206. The summed E-state index contributed by atoms with van der Waals surface area (Å²) in [5.41, 5.74) is 0.443. The Bertz CT molecular complexity index is 528. The van der Waals surface area contributed by atoms with Crippen LogP contribution in [0.25, 0.3) is 0 Å². The highest BCUT2D eigenvalue weighted by molar-refractivity contribution is 7.99. The maximum absolute atomic E-state index is 12.9. The highest BCUT2D eigenvalue weighted by atomic mass is 32.2. The summed E-state index contributed by atoms with van der Waals surface area (Å²) in [6, 6.07) is -0.794. The van der Waals surface area contributed by atoms with Crippen LogP contribution in [0.5, 0.6) is 0 Å². The number of hydrogen-bond acceptors (Lipinski definition) is 7. The maximum atomic E-state index is 12.9. The van der Waals surface area contributed by atoms with Gasteiger partial charge in [0.05, 0.1) is 6.04 Å². The molecule has 0 bridgehead atoms. The van der Waals surface area contributed by atoms with Crippen molar-refractivity contribution in [2.75, 3.05) is 6.26 Å². The molecule has 1 amide bonds. The first-order valence-electron chi connectivity index (χ1n) is 9.78. The third-order valence-corrected chi connectivity index (χ3v) is 6.14. The summed E-state index contributed by atoms with van der Waals surface area (Å²) in [4.78, 5) is 12.9. The molecule has 2 saturated heterocycles. The molecule has 5 N–H and O–H groups in total. The molecule has 2 rings (SSSR count). The first kappa shape index (κ1) is 22.5. The number of allylic oxidation sites excluding steroid dienone is 2. The van der Waals surface area contributed by atoms with E-state index in [9.17, 15) is 20.1 Å². The van der Waals surface area contributed by atoms with Gasteiger partial charge in [-0.15, -0.1) is 11.8 Å². The molecule has 0 aliphatic carbocycles. The van der Waals surface area contributed by atoms with E-state index in [-0.39, 0.29) is 17.9 Å². The minimum Gasteiger partial charge on any atom is -0.388 e. The van der Waals surface area contributed by atoms with E-state index in [0.29, 0.717) is 0 Å². The van der Waals surface area contributed by atoms with Gasteiger partial charge < -0.3 is 30.7 Å². The predicted molar refractivity (Wildman–Crippen MR) is 106 cm³/mol. The molecule has 0 aromatic heterocycles. The van der Waals surface area contributed by atoms with Crippen LogP contribution in [0.1, 0.15) is 46.5 Å². The Morgan fingerprint density at radius 2 is 2.04 bits per heavy atom. The summed E-state index contributed by atoms with van der Waals surface area (Å²) >= 11 is 1.27. The lowest BCUT2D eigenvalue weighted by atomic mass is 9.88. The zero-order chi connectivity index (χ0) is 20.1. The van der Waals surface area contributed by atoms with E-state index in [1.165, 1.54) is 11.8 Å².